The Labute approximate surface area is 297 Å². The first-order chi connectivity index (χ1) is 24.9. The van der Waals surface area contributed by atoms with Gasteiger partial charge in [0, 0.05) is 28.0 Å². The third kappa shape index (κ3) is 3.00. The van der Waals surface area contributed by atoms with E-state index in [2.05, 4.69) is 152 Å². The van der Waals surface area contributed by atoms with Crippen molar-refractivity contribution in [2.24, 2.45) is 0 Å². The Hall–Kier alpha value is -5.43. The van der Waals surface area contributed by atoms with E-state index in [1.165, 1.54) is 96.8 Å². The van der Waals surface area contributed by atoms with Gasteiger partial charge in [-0.05, 0) is 76.9 Å². The van der Waals surface area contributed by atoms with Crippen molar-refractivity contribution in [3.63, 3.8) is 0 Å². The third-order valence-corrected chi connectivity index (χ3v) is 13.9. The zero-order valence-electron chi connectivity index (χ0n) is 26.9. The van der Waals surface area contributed by atoms with E-state index in [1.54, 1.807) is 0 Å². The van der Waals surface area contributed by atoms with Crippen molar-refractivity contribution in [3.05, 3.63) is 145 Å². The minimum atomic E-state index is 0.00178. The summed E-state index contributed by atoms with van der Waals surface area (Å²) in [5.41, 5.74) is 18.8. The summed E-state index contributed by atoms with van der Waals surface area (Å²) in [5.74, 6) is 0. The van der Waals surface area contributed by atoms with E-state index in [9.17, 15) is 0 Å². The lowest BCUT2D eigenvalue weighted by atomic mass is 9.58. The molecule has 6 heterocycles. The number of hydrogen-bond donors (Lipinski definition) is 0. The van der Waals surface area contributed by atoms with Crippen molar-refractivity contribution in [1.82, 2.24) is 8.96 Å². The Morgan fingerprint density at radius 2 is 1.06 bits per heavy atom. The van der Waals surface area contributed by atoms with Gasteiger partial charge in [0.1, 0.15) is 0 Å². The SMILES string of the molecule is C1=CC2=C(CC1)c1ccccc1N1B2n2c3ccccc3sc3c4c5c(sc6ccccc6n5B5c6ccccc6-c6ccccc6N54)c1c32. The normalized spacial score (nSPS) is 15.9. The molecule has 13 rings (SSSR count). The highest BCUT2D eigenvalue weighted by atomic mass is 32.1. The second kappa shape index (κ2) is 9.21. The number of rotatable bonds is 0. The van der Waals surface area contributed by atoms with Crippen LogP contribution in [0.15, 0.2) is 139 Å². The maximum Gasteiger partial charge on any atom is 0.421 e. The van der Waals surface area contributed by atoms with Gasteiger partial charge in [0.2, 0.25) is 0 Å². The fraction of sp³-hybridized carbons (Fsp3) is 0.0476. The molecule has 0 unspecified atom stereocenters. The average molecular weight is 672 g/mol. The van der Waals surface area contributed by atoms with E-state index < -0.39 is 0 Å². The monoisotopic (exact) mass is 672 g/mol. The van der Waals surface area contributed by atoms with E-state index in [0.717, 1.165) is 12.8 Å². The fourth-order valence-electron chi connectivity index (χ4n) is 9.76. The minimum absolute atomic E-state index is 0.00178. The van der Waals surface area contributed by atoms with Crippen LogP contribution >= 0.6 is 22.7 Å². The predicted octanol–water partition coefficient (Wildman–Crippen LogP) is 10.7. The lowest BCUT2D eigenvalue weighted by molar-refractivity contribution is 1.04. The van der Waals surface area contributed by atoms with Crippen molar-refractivity contribution in [1.29, 1.82) is 0 Å². The molecule has 0 saturated heterocycles. The van der Waals surface area contributed by atoms with Crippen molar-refractivity contribution in [2.75, 3.05) is 9.62 Å². The molecule has 0 radical (unpaired) electrons. The first kappa shape index (κ1) is 26.4. The van der Waals surface area contributed by atoms with Crippen molar-refractivity contribution < 1.29 is 0 Å². The number of benzene rings is 6. The number of para-hydroxylation sites is 4. The van der Waals surface area contributed by atoms with E-state index >= 15 is 0 Å². The van der Waals surface area contributed by atoms with Gasteiger partial charge in [-0.25, -0.2) is 0 Å². The first-order valence-corrected chi connectivity index (χ1v) is 19.1. The summed E-state index contributed by atoms with van der Waals surface area (Å²) in [5, 5.41) is 0. The first-order valence-electron chi connectivity index (χ1n) is 17.5. The van der Waals surface area contributed by atoms with Crippen LogP contribution in [0.2, 0.25) is 0 Å². The fourth-order valence-corrected chi connectivity index (χ4v) is 12.2. The van der Waals surface area contributed by atoms with Gasteiger partial charge in [-0.2, -0.15) is 0 Å². The Morgan fingerprint density at radius 3 is 1.78 bits per heavy atom. The summed E-state index contributed by atoms with van der Waals surface area (Å²) in [6, 6.07) is 45.5. The Balaban J connectivity index is 1.29. The van der Waals surface area contributed by atoms with E-state index in [4.69, 9.17) is 0 Å². The van der Waals surface area contributed by atoms with Crippen molar-refractivity contribution in [3.8, 4) is 11.1 Å². The second-order valence-corrected chi connectivity index (χ2v) is 16.0. The average Bonchev–Trinajstić information content (AvgIpc) is 3.74. The molecule has 8 heteroatoms. The van der Waals surface area contributed by atoms with Crippen LogP contribution in [-0.4, -0.2) is 22.9 Å². The smallest absolute Gasteiger partial charge is 0.358 e. The van der Waals surface area contributed by atoms with Crippen LogP contribution in [0.3, 0.4) is 0 Å². The van der Waals surface area contributed by atoms with Crippen LogP contribution < -0.4 is 15.1 Å². The van der Waals surface area contributed by atoms with Gasteiger partial charge in [0.25, 0.3) is 0 Å². The zero-order valence-corrected chi connectivity index (χ0v) is 28.5. The quantitative estimate of drug-likeness (QED) is 0.118. The zero-order chi connectivity index (χ0) is 32.2. The van der Waals surface area contributed by atoms with Crippen molar-refractivity contribution >= 4 is 111 Å². The molecule has 232 valence electrons. The molecule has 0 spiro atoms. The number of nitrogens with zero attached hydrogens (tertiary/aromatic N) is 4. The highest BCUT2D eigenvalue weighted by molar-refractivity contribution is 7.27. The molecule has 0 atom stereocenters. The molecule has 0 saturated carbocycles. The van der Waals surface area contributed by atoms with E-state index in [1.807, 2.05) is 22.7 Å². The van der Waals surface area contributed by atoms with Gasteiger partial charge in [-0.1, -0.05) is 97.1 Å². The number of allylic oxidation sites excluding steroid dienone is 4. The van der Waals surface area contributed by atoms with Crippen LogP contribution in [0.4, 0.5) is 22.7 Å². The maximum absolute atomic E-state index is 2.71. The van der Waals surface area contributed by atoms with Gasteiger partial charge in [-0.15, -0.1) is 22.7 Å². The van der Waals surface area contributed by atoms with E-state index in [-0.39, 0.29) is 14.0 Å². The minimum Gasteiger partial charge on any atom is -0.358 e. The van der Waals surface area contributed by atoms with Crippen molar-refractivity contribution in [2.45, 2.75) is 12.8 Å². The summed E-state index contributed by atoms with van der Waals surface area (Å²) in [4.78, 5) is 5.39. The number of hydrogen-bond acceptors (Lipinski definition) is 4. The molecule has 8 aromatic rings. The Morgan fingerprint density at radius 1 is 0.520 bits per heavy atom. The molecule has 6 aromatic carbocycles. The lowest BCUT2D eigenvalue weighted by Gasteiger charge is -2.36. The highest BCUT2D eigenvalue weighted by Crippen LogP contribution is 2.60. The van der Waals surface area contributed by atoms with Crippen LogP contribution in [-0.2, 0) is 0 Å². The molecule has 5 aliphatic rings. The molecule has 0 bridgehead atoms. The molecule has 2 aromatic heterocycles. The largest absolute Gasteiger partial charge is 0.421 e. The van der Waals surface area contributed by atoms with Crippen LogP contribution in [0.1, 0.15) is 18.4 Å². The van der Waals surface area contributed by atoms with Gasteiger partial charge in [0.15, 0.2) is 0 Å². The number of fused-ring (bicyclic) bond motifs is 21. The summed E-state index contributed by atoms with van der Waals surface area (Å²) in [7, 11) is 0. The van der Waals surface area contributed by atoms with Crippen LogP contribution in [0.25, 0.3) is 57.6 Å². The molecule has 0 N–H and O–H groups in total. The van der Waals surface area contributed by atoms with Crippen LogP contribution in [0.5, 0.6) is 0 Å². The lowest BCUT2D eigenvalue weighted by Crippen LogP contribution is -2.51. The highest BCUT2D eigenvalue weighted by Gasteiger charge is 2.51. The molecule has 0 fully saturated rings. The van der Waals surface area contributed by atoms with E-state index in [0.29, 0.717) is 0 Å². The molecule has 4 aliphatic heterocycles. The molecule has 4 nitrogen and oxygen atoms in total. The predicted molar refractivity (Wildman–Crippen MR) is 216 cm³/mol. The Bertz CT molecular complexity index is 2990. The Kier molecular flexibility index (Phi) is 4.87. The topological polar surface area (TPSA) is 16.3 Å². The van der Waals surface area contributed by atoms with Gasteiger partial charge in [-0.3, -0.25) is 0 Å². The molecular formula is C42H26B2N4S2. The van der Waals surface area contributed by atoms with Gasteiger partial charge < -0.3 is 18.6 Å². The molecule has 50 heavy (non-hydrogen) atoms. The number of anilines is 4. The maximum atomic E-state index is 2.71. The summed E-state index contributed by atoms with van der Waals surface area (Å²) in [6.45, 7) is 0.0457. The van der Waals surface area contributed by atoms with Gasteiger partial charge >= 0.3 is 14.0 Å². The number of aromatic nitrogens is 2. The molecular weight excluding hydrogens is 646 g/mol. The second-order valence-electron chi connectivity index (χ2n) is 13.9. The third-order valence-electron chi connectivity index (χ3n) is 11.6. The molecule has 0 amide bonds. The van der Waals surface area contributed by atoms with Gasteiger partial charge in [0.05, 0.1) is 41.2 Å². The summed E-state index contributed by atoms with van der Waals surface area (Å²) < 4.78 is 10.7. The molecule has 1 aliphatic carbocycles. The summed E-state index contributed by atoms with van der Waals surface area (Å²) in [6.07, 6.45) is 6.99. The standard InChI is InChI=1S/C42H26B2N4S2/c1-5-17-29-25(13-1)27-15-3-7-19-31(27)45-37-39-42(49-35-23-11-9-21-33(35)47(39)43(29)45)38-40-41(37)50-36-24-12-10-22-34(36)48(40)44-30-18-6-2-14-26(30)28-16-4-8-20-32(28)46(38)44/h1,3-13,15-24H,2,14H2. The van der Waals surface area contributed by atoms with Crippen LogP contribution in [0, 0.1) is 0 Å². The summed E-state index contributed by atoms with van der Waals surface area (Å²) >= 11 is 3.92.